The summed E-state index contributed by atoms with van der Waals surface area (Å²) in [6.07, 6.45) is 1.26. The molecule has 156 valence electrons. The van der Waals surface area contributed by atoms with Crippen molar-refractivity contribution in [3.63, 3.8) is 0 Å². The predicted octanol–water partition coefficient (Wildman–Crippen LogP) is 2.95. The van der Waals surface area contributed by atoms with Crippen LogP contribution in [0.5, 0.6) is 34.5 Å². The number of carbonyl (C=O) groups is 2. The minimum Gasteiger partial charge on any atom is -0.504 e. The van der Waals surface area contributed by atoms with Crippen LogP contribution in [0.25, 0.3) is 0 Å². The van der Waals surface area contributed by atoms with Crippen LogP contribution in [-0.4, -0.2) is 44.1 Å². The number of phenols is 5. The van der Waals surface area contributed by atoms with E-state index < -0.39 is 46.4 Å². The molecule has 0 radical (unpaired) electrons. The Kier molecular flexibility index (Phi) is 6.76. The molecule has 5 N–H and O–H groups in total. The van der Waals surface area contributed by atoms with Gasteiger partial charge in [-0.05, 0) is 31.0 Å². The minimum absolute atomic E-state index is 0.0371. The molecule has 9 heteroatoms. The van der Waals surface area contributed by atoms with E-state index in [9.17, 15) is 35.1 Å². The van der Waals surface area contributed by atoms with Gasteiger partial charge in [0, 0.05) is 5.56 Å². The molecule has 0 aliphatic heterocycles. The fourth-order valence-electron chi connectivity index (χ4n) is 2.59. The van der Waals surface area contributed by atoms with Crippen LogP contribution in [0.1, 0.15) is 53.0 Å². The number of phenolic OH excluding ortho intramolecular Hbond substituents is 5. The number of esters is 2. The van der Waals surface area contributed by atoms with E-state index in [-0.39, 0.29) is 29.7 Å². The number of carbonyl (C=O) groups excluding carboxylic acids is 2. The van der Waals surface area contributed by atoms with Gasteiger partial charge in [0.15, 0.2) is 23.0 Å². The van der Waals surface area contributed by atoms with E-state index in [4.69, 9.17) is 9.47 Å². The molecule has 0 amide bonds. The first kappa shape index (κ1) is 21.7. The highest BCUT2D eigenvalue weighted by atomic mass is 16.5. The Morgan fingerprint density at radius 1 is 0.828 bits per heavy atom. The average molecular weight is 406 g/mol. The van der Waals surface area contributed by atoms with E-state index in [0.717, 1.165) is 18.2 Å². The van der Waals surface area contributed by atoms with Crippen LogP contribution < -0.4 is 4.74 Å². The lowest BCUT2D eigenvalue weighted by Gasteiger charge is -2.14. The third-order valence-corrected chi connectivity index (χ3v) is 4.01. The lowest BCUT2D eigenvalue weighted by Crippen LogP contribution is -2.13. The summed E-state index contributed by atoms with van der Waals surface area (Å²) in [5, 5.41) is 49.3. The van der Waals surface area contributed by atoms with Gasteiger partial charge in [-0.3, -0.25) is 0 Å². The summed E-state index contributed by atoms with van der Waals surface area (Å²) in [6, 6.07) is 2.90. The van der Waals surface area contributed by atoms with Crippen LogP contribution >= 0.6 is 0 Å². The molecule has 2 aromatic rings. The van der Waals surface area contributed by atoms with Gasteiger partial charge in [0.1, 0.15) is 0 Å². The van der Waals surface area contributed by atoms with E-state index in [0.29, 0.717) is 12.8 Å². The maximum atomic E-state index is 12.6. The summed E-state index contributed by atoms with van der Waals surface area (Å²) in [6.45, 7) is 3.71. The second-order valence-electron chi connectivity index (χ2n) is 6.24. The van der Waals surface area contributed by atoms with Crippen molar-refractivity contribution in [2.75, 3.05) is 6.61 Å². The SMILES string of the molecule is CCCOC(=O)c1cc(O)c(O)c(OC(=O)c2cc(O)c(O)c(O)c2CCC)c1. The maximum absolute atomic E-state index is 12.6. The Labute approximate surface area is 166 Å². The molecule has 0 aliphatic rings. The first-order valence-electron chi connectivity index (χ1n) is 8.93. The van der Waals surface area contributed by atoms with Crippen molar-refractivity contribution in [1.82, 2.24) is 0 Å². The molecule has 0 bridgehead atoms. The fourth-order valence-corrected chi connectivity index (χ4v) is 2.59. The molecule has 0 saturated carbocycles. The number of benzene rings is 2. The van der Waals surface area contributed by atoms with Gasteiger partial charge in [0.25, 0.3) is 0 Å². The molecular weight excluding hydrogens is 384 g/mol. The molecule has 0 unspecified atom stereocenters. The van der Waals surface area contributed by atoms with Crippen molar-refractivity contribution < 1.29 is 44.6 Å². The highest BCUT2D eigenvalue weighted by molar-refractivity contribution is 5.96. The van der Waals surface area contributed by atoms with Gasteiger partial charge in [0.2, 0.25) is 11.5 Å². The Balaban J connectivity index is 2.43. The highest BCUT2D eigenvalue weighted by Crippen LogP contribution is 2.42. The fraction of sp³-hybridized carbons (Fsp3) is 0.300. The molecule has 9 nitrogen and oxygen atoms in total. The first-order valence-corrected chi connectivity index (χ1v) is 8.93. The van der Waals surface area contributed by atoms with Crippen molar-refractivity contribution in [3.8, 4) is 34.5 Å². The van der Waals surface area contributed by atoms with E-state index in [1.807, 2.05) is 0 Å². The van der Waals surface area contributed by atoms with Crippen LogP contribution in [0.2, 0.25) is 0 Å². The molecule has 29 heavy (non-hydrogen) atoms. The summed E-state index contributed by atoms with van der Waals surface area (Å²) < 4.78 is 10.0. The smallest absolute Gasteiger partial charge is 0.344 e. The maximum Gasteiger partial charge on any atom is 0.344 e. The summed E-state index contributed by atoms with van der Waals surface area (Å²) in [5.41, 5.74) is -0.366. The Hall–Kier alpha value is -3.62. The summed E-state index contributed by atoms with van der Waals surface area (Å²) in [5.74, 6) is -6.06. The van der Waals surface area contributed by atoms with E-state index in [2.05, 4.69) is 0 Å². The third kappa shape index (κ3) is 4.63. The Morgan fingerprint density at radius 2 is 1.48 bits per heavy atom. The van der Waals surface area contributed by atoms with E-state index in [1.165, 1.54) is 0 Å². The third-order valence-electron chi connectivity index (χ3n) is 4.01. The molecule has 2 aromatic carbocycles. The van der Waals surface area contributed by atoms with Gasteiger partial charge in [0.05, 0.1) is 17.7 Å². The summed E-state index contributed by atoms with van der Waals surface area (Å²) in [4.78, 5) is 24.6. The predicted molar refractivity (Wildman–Crippen MR) is 101 cm³/mol. The van der Waals surface area contributed by atoms with Crippen LogP contribution in [0.4, 0.5) is 0 Å². The lowest BCUT2D eigenvalue weighted by atomic mass is 10.0. The Morgan fingerprint density at radius 3 is 2.10 bits per heavy atom. The normalized spacial score (nSPS) is 10.6. The van der Waals surface area contributed by atoms with Crippen molar-refractivity contribution in [1.29, 1.82) is 0 Å². The molecule has 0 fully saturated rings. The van der Waals surface area contributed by atoms with Gasteiger partial charge >= 0.3 is 11.9 Å². The van der Waals surface area contributed by atoms with Crippen molar-refractivity contribution in [2.24, 2.45) is 0 Å². The molecule has 0 atom stereocenters. The molecule has 0 aliphatic carbocycles. The van der Waals surface area contributed by atoms with E-state index in [1.54, 1.807) is 13.8 Å². The zero-order chi connectivity index (χ0) is 21.7. The quantitative estimate of drug-likeness (QED) is 0.265. The molecule has 2 rings (SSSR count). The second kappa shape index (κ2) is 9.05. The van der Waals surface area contributed by atoms with Crippen molar-refractivity contribution in [2.45, 2.75) is 33.1 Å². The van der Waals surface area contributed by atoms with Crippen molar-refractivity contribution in [3.05, 3.63) is 34.9 Å². The number of hydrogen-bond donors (Lipinski definition) is 5. The van der Waals surface area contributed by atoms with E-state index >= 15 is 0 Å². The van der Waals surface area contributed by atoms with Gasteiger partial charge in [-0.1, -0.05) is 20.3 Å². The molecular formula is C20H22O9. The van der Waals surface area contributed by atoms with Crippen molar-refractivity contribution >= 4 is 11.9 Å². The monoisotopic (exact) mass is 406 g/mol. The minimum atomic E-state index is -1.09. The molecule has 0 heterocycles. The lowest BCUT2D eigenvalue weighted by molar-refractivity contribution is 0.0502. The summed E-state index contributed by atoms with van der Waals surface area (Å²) >= 11 is 0. The number of hydrogen-bond acceptors (Lipinski definition) is 9. The Bertz CT molecular complexity index is 934. The summed E-state index contributed by atoms with van der Waals surface area (Å²) in [7, 11) is 0. The molecule has 0 aromatic heterocycles. The zero-order valence-corrected chi connectivity index (χ0v) is 15.9. The second-order valence-corrected chi connectivity index (χ2v) is 6.24. The van der Waals surface area contributed by atoms with Crippen LogP contribution in [0.15, 0.2) is 18.2 Å². The number of aromatic hydroxyl groups is 5. The van der Waals surface area contributed by atoms with Crippen LogP contribution in [-0.2, 0) is 11.2 Å². The van der Waals surface area contributed by atoms with Crippen LogP contribution in [0.3, 0.4) is 0 Å². The molecule has 0 saturated heterocycles. The average Bonchev–Trinajstić information content (AvgIpc) is 2.69. The van der Waals surface area contributed by atoms with Gasteiger partial charge < -0.3 is 35.0 Å². The van der Waals surface area contributed by atoms with Gasteiger partial charge in [-0.25, -0.2) is 9.59 Å². The molecule has 0 spiro atoms. The number of rotatable bonds is 7. The number of ether oxygens (including phenoxy) is 2. The first-order chi connectivity index (χ1) is 13.7. The zero-order valence-electron chi connectivity index (χ0n) is 15.9. The highest BCUT2D eigenvalue weighted by Gasteiger charge is 2.24. The largest absolute Gasteiger partial charge is 0.504 e. The topological polar surface area (TPSA) is 154 Å². The van der Waals surface area contributed by atoms with Gasteiger partial charge in [-0.15, -0.1) is 0 Å². The van der Waals surface area contributed by atoms with Crippen LogP contribution in [0, 0.1) is 0 Å². The van der Waals surface area contributed by atoms with Gasteiger partial charge in [-0.2, -0.15) is 0 Å². The standard InChI is InChI=1S/C20H22O9/c1-3-5-11-12(9-14(22)18(25)16(11)23)20(27)29-15-8-10(7-13(21)17(15)24)19(26)28-6-4-2/h7-9,21-25H,3-6H2,1-2H3.